The van der Waals surface area contributed by atoms with Gasteiger partial charge in [0.15, 0.2) is 0 Å². The molecule has 1 rings (SSSR count). The van der Waals surface area contributed by atoms with Crippen LogP contribution in [-0.2, 0) is 4.79 Å². The van der Waals surface area contributed by atoms with Gasteiger partial charge in [-0.2, -0.15) is 0 Å². The van der Waals surface area contributed by atoms with Gasteiger partial charge in [-0.25, -0.2) is 0 Å². The topological polar surface area (TPSA) is 29.1 Å². The molecule has 2 nitrogen and oxygen atoms in total. The average molecular weight is 179 g/mol. The van der Waals surface area contributed by atoms with Crippen LogP contribution in [0.1, 0.15) is 20.8 Å². The molecule has 1 N–H and O–H groups in total. The first-order valence-corrected chi connectivity index (χ1v) is 4.50. The molecule has 0 spiro atoms. The number of allylic oxidation sites excluding steroid dienone is 2. The average Bonchev–Trinajstić information content (AvgIpc) is 2.46. The highest BCUT2D eigenvalue weighted by molar-refractivity contribution is 5.88. The van der Waals surface area contributed by atoms with Crippen LogP contribution in [-0.4, -0.2) is 5.91 Å². The van der Waals surface area contributed by atoms with Gasteiger partial charge in [-0.05, 0) is 18.6 Å². The van der Waals surface area contributed by atoms with Gasteiger partial charge in [0, 0.05) is 5.70 Å². The number of nitrogens with one attached hydrogen (secondary N) is 1. The van der Waals surface area contributed by atoms with E-state index < -0.39 is 0 Å². The van der Waals surface area contributed by atoms with Crippen LogP contribution in [0, 0.1) is 5.92 Å². The van der Waals surface area contributed by atoms with E-state index >= 15 is 0 Å². The third-order valence-corrected chi connectivity index (χ3v) is 1.85. The maximum Gasteiger partial charge on any atom is 0.231 e. The van der Waals surface area contributed by atoms with E-state index in [-0.39, 0.29) is 11.8 Å². The molecule has 0 aliphatic carbocycles. The van der Waals surface area contributed by atoms with Crippen molar-refractivity contribution in [1.82, 2.24) is 5.32 Å². The van der Waals surface area contributed by atoms with Crippen molar-refractivity contribution in [2.24, 2.45) is 5.92 Å². The summed E-state index contributed by atoms with van der Waals surface area (Å²) in [6, 6.07) is 0. The molecule has 0 bridgehead atoms. The summed E-state index contributed by atoms with van der Waals surface area (Å²) in [6.45, 7) is 13.1. The molecule has 0 aromatic carbocycles. The van der Waals surface area contributed by atoms with E-state index in [1.165, 1.54) is 0 Å². The Bertz CT molecular complexity index is 251. The summed E-state index contributed by atoms with van der Waals surface area (Å²) in [7, 11) is 0. The van der Waals surface area contributed by atoms with Crippen LogP contribution >= 0.6 is 0 Å². The summed E-state index contributed by atoms with van der Waals surface area (Å²) in [5.41, 5.74) is 1.72. The lowest BCUT2D eigenvalue weighted by molar-refractivity contribution is -0.121. The summed E-state index contributed by atoms with van der Waals surface area (Å²) in [5, 5.41) is 2.71. The van der Waals surface area contributed by atoms with E-state index in [1.54, 1.807) is 12.2 Å². The molecule has 0 radical (unpaired) electrons. The number of hydrogen-bond acceptors (Lipinski definition) is 1. The van der Waals surface area contributed by atoms with Crippen molar-refractivity contribution in [1.29, 1.82) is 0 Å². The summed E-state index contributed by atoms with van der Waals surface area (Å²) in [5.74, 6) is -0.0599. The van der Waals surface area contributed by atoms with Crippen LogP contribution in [0.4, 0.5) is 0 Å². The van der Waals surface area contributed by atoms with Crippen molar-refractivity contribution in [2.45, 2.75) is 20.8 Å². The third-order valence-electron chi connectivity index (χ3n) is 1.85. The molecule has 1 atom stereocenters. The highest BCUT2D eigenvalue weighted by Crippen LogP contribution is 2.22. The van der Waals surface area contributed by atoms with Gasteiger partial charge in [0.25, 0.3) is 0 Å². The fourth-order valence-corrected chi connectivity index (χ4v) is 1.14. The second kappa shape index (κ2) is 5.36. The van der Waals surface area contributed by atoms with Crippen LogP contribution in [0.3, 0.4) is 0 Å². The number of carbonyl (C=O) groups excluding carboxylic acids is 1. The highest BCUT2D eigenvalue weighted by atomic mass is 16.2. The molecule has 13 heavy (non-hydrogen) atoms. The first-order chi connectivity index (χ1) is 6.20. The Kier molecular flexibility index (Phi) is 4.82. The van der Waals surface area contributed by atoms with Crippen molar-refractivity contribution in [3.05, 3.63) is 36.6 Å². The zero-order valence-electron chi connectivity index (χ0n) is 8.55. The quantitative estimate of drug-likeness (QED) is 0.693. The molecule has 0 saturated carbocycles. The summed E-state index contributed by atoms with van der Waals surface area (Å²) >= 11 is 0. The molecule has 1 heterocycles. The first-order valence-electron chi connectivity index (χ1n) is 4.50. The molecule has 1 aliphatic rings. The van der Waals surface area contributed by atoms with E-state index in [0.717, 1.165) is 11.3 Å². The van der Waals surface area contributed by atoms with Crippen molar-refractivity contribution < 1.29 is 4.79 Å². The lowest BCUT2D eigenvalue weighted by atomic mass is 10.0. The summed E-state index contributed by atoms with van der Waals surface area (Å²) < 4.78 is 0. The van der Waals surface area contributed by atoms with E-state index in [1.807, 2.05) is 20.8 Å². The maximum absolute atomic E-state index is 11.1. The second-order valence-corrected chi connectivity index (χ2v) is 2.49. The molecule has 72 valence electrons. The lowest BCUT2D eigenvalue weighted by Crippen LogP contribution is -2.19. The van der Waals surface area contributed by atoms with E-state index in [2.05, 4.69) is 18.5 Å². The molecule has 0 fully saturated rings. The highest BCUT2D eigenvalue weighted by Gasteiger charge is 2.25. The number of carbonyl (C=O) groups is 1. The largest absolute Gasteiger partial charge is 0.325 e. The van der Waals surface area contributed by atoms with Gasteiger partial charge in [0.1, 0.15) is 0 Å². The Hall–Kier alpha value is -1.31. The minimum Gasteiger partial charge on any atom is -0.325 e. The fraction of sp³-hybridized carbons (Fsp3) is 0.364. The van der Waals surface area contributed by atoms with Crippen molar-refractivity contribution in [3.8, 4) is 0 Å². The summed E-state index contributed by atoms with van der Waals surface area (Å²) in [4.78, 5) is 11.1. The van der Waals surface area contributed by atoms with Gasteiger partial charge in [-0.3, -0.25) is 4.79 Å². The van der Waals surface area contributed by atoms with Gasteiger partial charge in [-0.1, -0.05) is 33.1 Å². The van der Waals surface area contributed by atoms with Gasteiger partial charge < -0.3 is 5.32 Å². The molecule has 1 unspecified atom stereocenters. The second-order valence-electron chi connectivity index (χ2n) is 2.49. The van der Waals surface area contributed by atoms with Gasteiger partial charge in [-0.15, -0.1) is 0 Å². The predicted octanol–water partition coefficient (Wildman–Crippen LogP) is 2.40. The van der Waals surface area contributed by atoms with Gasteiger partial charge >= 0.3 is 0 Å². The predicted molar refractivity (Wildman–Crippen MR) is 56.1 cm³/mol. The van der Waals surface area contributed by atoms with Gasteiger partial charge in [0.05, 0.1) is 5.92 Å². The molecule has 0 aromatic heterocycles. The van der Waals surface area contributed by atoms with Crippen LogP contribution in [0.2, 0.25) is 0 Å². The van der Waals surface area contributed by atoms with Crippen LogP contribution in [0.15, 0.2) is 36.6 Å². The molecule has 1 amide bonds. The van der Waals surface area contributed by atoms with Crippen LogP contribution in [0.5, 0.6) is 0 Å². The SMILES string of the molecule is C=CC1=C(C=C)C(C)C(=O)N1.CC. The van der Waals surface area contributed by atoms with Crippen LogP contribution in [0.25, 0.3) is 0 Å². The Morgan fingerprint density at radius 2 is 1.85 bits per heavy atom. The van der Waals surface area contributed by atoms with E-state index in [4.69, 9.17) is 0 Å². The Morgan fingerprint density at radius 1 is 1.31 bits per heavy atom. The van der Waals surface area contributed by atoms with Gasteiger partial charge in [0.2, 0.25) is 5.91 Å². The standard InChI is InChI=1S/C9H11NO.C2H6/c1-4-7-6(3)9(11)10-8(7)5-2;1-2/h4-6H,1-2H2,3H3,(H,10,11);1-2H3. The summed E-state index contributed by atoms with van der Waals surface area (Å²) in [6.07, 6.45) is 3.33. The minimum absolute atomic E-state index is 0.0230. The number of amides is 1. The fourth-order valence-electron chi connectivity index (χ4n) is 1.14. The first kappa shape index (κ1) is 11.7. The number of hydrogen-bond donors (Lipinski definition) is 1. The Morgan fingerprint density at radius 3 is 2.15 bits per heavy atom. The molecular weight excluding hydrogens is 162 g/mol. The Labute approximate surface area is 80.0 Å². The maximum atomic E-state index is 11.1. The normalized spacial score (nSPS) is 20.2. The van der Waals surface area contributed by atoms with Crippen molar-refractivity contribution in [3.63, 3.8) is 0 Å². The molecular formula is C11H17NO. The number of rotatable bonds is 2. The zero-order chi connectivity index (χ0) is 10.4. The third kappa shape index (κ3) is 2.31. The molecule has 1 aliphatic heterocycles. The smallest absolute Gasteiger partial charge is 0.231 e. The Balaban J connectivity index is 0.000000671. The molecule has 0 saturated heterocycles. The lowest BCUT2D eigenvalue weighted by Gasteiger charge is -1.98. The molecule has 0 aromatic rings. The monoisotopic (exact) mass is 179 g/mol. The van der Waals surface area contributed by atoms with E-state index in [0.29, 0.717) is 0 Å². The van der Waals surface area contributed by atoms with E-state index in [9.17, 15) is 4.79 Å². The zero-order valence-corrected chi connectivity index (χ0v) is 8.55. The van der Waals surface area contributed by atoms with Crippen molar-refractivity contribution in [2.75, 3.05) is 0 Å². The van der Waals surface area contributed by atoms with Crippen molar-refractivity contribution >= 4 is 5.91 Å². The molecule has 2 heteroatoms. The van der Waals surface area contributed by atoms with Crippen LogP contribution < -0.4 is 5.32 Å². The minimum atomic E-state index is -0.0829.